The minimum atomic E-state index is -0.379. The standard InChI is InChI=1S/C15H20ClFN2O2/c16-12-10-13-15(21-9-1-8-20-13)11(14(12)17)2-5-19-6-3-18-4-7-19/h10,18H,1-9H2. The molecule has 2 aliphatic rings. The first-order valence-electron chi connectivity index (χ1n) is 7.45. The van der Waals surface area contributed by atoms with E-state index in [2.05, 4.69) is 10.2 Å². The molecule has 1 N–H and O–H groups in total. The molecule has 21 heavy (non-hydrogen) atoms. The first-order valence-corrected chi connectivity index (χ1v) is 7.83. The smallest absolute Gasteiger partial charge is 0.167 e. The molecule has 2 aliphatic heterocycles. The molecule has 1 aromatic rings. The van der Waals surface area contributed by atoms with Gasteiger partial charge in [-0.2, -0.15) is 0 Å². The molecular weight excluding hydrogens is 295 g/mol. The van der Waals surface area contributed by atoms with Crippen LogP contribution >= 0.6 is 11.6 Å². The van der Waals surface area contributed by atoms with Gasteiger partial charge in [0.15, 0.2) is 11.5 Å². The van der Waals surface area contributed by atoms with Gasteiger partial charge in [-0.15, -0.1) is 0 Å². The molecular formula is C15H20ClFN2O2. The van der Waals surface area contributed by atoms with E-state index in [1.807, 2.05) is 0 Å². The van der Waals surface area contributed by atoms with Crippen LogP contribution in [0.1, 0.15) is 12.0 Å². The van der Waals surface area contributed by atoms with Crippen molar-refractivity contribution in [3.63, 3.8) is 0 Å². The maximum Gasteiger partial charge on any atom is 0.167 e. The van der Waals surface area contributed by atoms with Crippen LogP contribution < -0.4 is 14.8 Å². The molecule has 0 radical (unpaired) electrons. The monoisotopic (exact) mass is 314 g/mol. The first kappa shape index (κ1) is 14.9. The Kier molecular flexibility index (Phi) is 4.83. The Morgan fingerprint density at radius 3 is 2.81 bits per heavy atom. The van der Waals surface area contributed by atoms with Crippen LogP contribution in [0, 0.1) is 5.82 Å². The molecule has 0 bridgehead atoms. The minimum absolute atomic E-state index is 0.106. The second-order valence-corrected chi connectivity index (χ2v) is 5.78. The average molecular weight is 315 g/mol. The summed E-state index contributed by atoms with van der Waals surface area (Å²) in [5.41, 5.74) is 0.540. The maximum atomic E-state index is 14.4. The second kappa shape index (κ2) is 6.81. The van der Waals surface area contributed by atoms with Crippen molar-refractivity contribution in [3.8, 4) is 11.5 Å². The van der Waals surface area contributed by atoms with Gasteiger partial charge in [0, 0.05) is 50.8 Å². The zero-order chi connectivity index (χ0) is 14.7. The number of nitrogens with one attached hydrogen (secondary N) is 1. The number of rotatable bonds is 3. The fraction of sp³-hybridized carbons (Fsp3) is 0.600. The lowest BCUT2D eigenvalue weighted by Crippen LogP contribution is -2.44. The fourth-order valence-electron chi connectivity index (χ4n) is 2.75. The summed E-state index contributed by atoms with van der Waals surface area (Å²) in [4.78, 5) is 2.32. The molecule has 1 saturated heterocycles. The Morgan fingerprint density at radius 2 is 2.00 bits per heavy atom. The maximum absolute atomic E-state index is 14.4. The van der Waals surface area contributed by atoms with Crippen LogP contribution in [0.15, 0.2) is 6.07 Å². The molecule has 0 unspecified atom stereocenters. The van der Waals surface area contributed by atoms with E-state index in [0.717, 1.165) is 39.1 Å². The number of nitrogens with zero attached hydrogens (tertiary/aromatic N) is 1. The third kappa shape index (κ3) is 3.42. The van der Waals surface area contributed by atoms with Crippen molar-refractivity contribution in [1.29, 1.82) is 0 Å². The number of ether oxygens (including phenoxy) is 2. The van der Waals surface area contributed by atoms with Crippen molar-refractivity contribution in [2.24, 2.45) is 0 Å². The van der Waals surface area contributed by atoms with Crippen molar-refractivity contribution < 1.29 is 13.9 Å². The van der Waals surface area contributed by atoms with Crippen molar-refractivity contribution in [2.75, 3.05) is 45.9 Å². The van der Waals surface area contributed by atoms with Crippen LogP contribution in [-0.4, -0.2) is 50.8 Å². The highest BCUT2D eigenvalue weighted by atomic mass is 35.5. The number of fused-ring (bicyclic) bond motifs is 1. The number of benzene rings is 1. The Morgan fingerprint density at radius 1 is 1.24 bits per heavy atom. The lowest BCUT2D eigenvalue weighted by atomic mass is 10.1. The van der Waals surface area contributed by atoms with Crippen molar-refractivity contribution in [3.05, 3.63) is 22.5 Å². The van der Waals surface area contributed by atoms with Crippen LogP contribution in [0.2, 0.25) is 5.02 Å². The van der Waals surface area contributed by atoms with E-state index in [1.165, 1.54) is 6.07 Å². The number of piperazine rings is 1. The number of halogens is 2. The highest BCUT2D eigenvalue weighted by Gasteiger charge is 2.22. The molecule has 0 aromatic heterocycles. The van der Waals surface area contributed by atoms with Gasteiger partial charge in [0.25, 0.3) is 0 Å². The summed E-state index contributed by atoms with van der Waals surface area (Å²) < 4.78 is 25.7. The lowest BCUT2D eigenvalue weighted by Gasteiger charge is -2.27. The number of hydrogen-bond donors (Lipinski definition) is 1. The summed E-state index contributed by atoms with van der Waals surface area (Å²) in [5.74, 6) is 0.717. The Labute approximate surface area is 129 Å². The molecule has 3 rings (SSSR count). The van der Waals surface area contributed by atoms with E-state index in [1.54, 1.807) is 0 Å². The number of hydrogen-bond acceptors (Lipinski definition) is 4. The van der Waals surface area contributed by atoms with Gasteiger partial charge in [0.2, 0.25) is 0 Å². The normalized spacial score (nSPS) is 19.3. The quantitative estimate of drug-likeness (QED) is 0.926. The van der Waals surface area contributed by atoms with Crippen molar-refractivity contribution in [2.45, 2.75) is 12.8 Å². The molecule has 6 heteroatoms. The fourth-order valence-corrected chi connectivity index (χ4v) is 2.96. The van der Waals surface area contributed by atoms with Gasteiger partial charge in [0.05, 0.1) is 18.2 Å². The van der Waals surface area contributed by atoms with Gasteiger partial charge in [-0.25, -0.2) is 4.39 Å². The summed E-state index contributed by atoms with van der Waals surface area (Å²) in [6.45, 7) is 5.87. The van der Waals surface area contributed by atoms with E-state index in [9.17, 15) is 4.39 Å². The first-order chi connectivity index (χ1) is 10.3. The van der Waals surface area contributed by atoms with Crippen LogP contribution in [-0.2, 0) is 6.42 Å². The van der Waals surface area contributed by atoms with E-state index >= 15 is 0 Å². The third-order valence-corrected chi connectivity index (χ3v) is 4.19. The van der Waals surface area contributed by atoms with Crippen LogP contribution in [0.5, 0.6) is 11.5 Å². The molecule has 0 atom stereocenters. The molecule has 116 valence electrons. The van der Waals surface area contributed by atoms with Gasteiger partial charge in [-0.1, -0.05) is 11.6 Å². The summed E-state index contributed by atoms with van der Waals surface area (Å²) in [6, 6.07) is 1.52. The summed E-state index contributed by atoms with van der Waals surface area (Å²) in [7, 11) is 0. The Bertz CT molecular complexity index is 507. The van der Waals surface area contributed by atoms with Crippen LogP contribution in [0.4, 0.5) is 4.39 Å². The highest BCUT2D eigenvalue weighted by molar-refractivity contribution is 6.31. The lowest BCUT2D eigenvalue weighted by molar-refractivity contribution is 0.241. The predicted octanol–water partition coefficient (Wildman–Crippen LogP) is 2.09. The molecule has 4 nitrogen and oxygen atoms in total. The molecule has 1 fully saturated rings. The van der Waals surface area contributed by atoms with Gasteiger partial charge in [-0.05, 0) is 6.42 Å². The zero-order valence-electron chi connectivity index (χ0n) is 12.0. The summed E-state index contributed by atoms with van der Waals surface area (Å²) in [6.07, 6.45) is 1.38. The molecule has 0 saturated carbocycles. The van der Waals surface area contributed by atoms with E-state index in [-0.39, 0.29) is 10.8 Å². The second-order valence-electron chi connectivity index (χ2n) is 5.37. The molecule has 0 amide bonds. The van der Waals surface area contributed by atoms with Crippen LogP contribution in [0.3, 0.4) is 0 Å². The largest absolute Gasteiger partial charge is 0.489 e. The van der Waals surface area contributed by atoms with Gasteiger partial charge in [0.1, 0.15) is 5.82 Å². The highest BCUT2D eigenvalue weighted by Crippen LogP contribution is 2.39. The summed E-state index contributed by atoms with van der Waals surface area (Å²) in [5, 5.41) is 3.42. The van der Waals surface area contributed by atoms with Gasteiger partial charge < -0.3 is 19.7 Å². The predicted molar refractivity (Wildman–Crippen MR) is 80.0 cm³/mol. The SMILES string of the molecule is Fc1c(Cl)cc2c(c1CCN1CCNCC1)OCCCO2. The third-order valence-electron chi connectivity index (χ3n) is 3.91. The van der Waals surface area contributed by atoms with E-state index < -0.39 is 0 Å². The average Bonchev–Trinajstić information content (AvgIpc) is 2.74. The van der Waals surface area contributed by atoms with Gasteiger partial charge >= 0.3 is 0 Å². The zero-order valence-corrected chi connectivity index (χ0v) is 12.7. The minimum Gasteiger partial charge on any atom is -0.489 e. The topological polar surface area (TPSA) is 33.7 Å². The Hall–Kier alpha value is -1.04. The molecule has 1 aromatic carbocycles. The van der Waals surface area contributed by atoms with E-state index in [4.69, 9.17) is 21.1 Å². The summed E-state index contributed by atoms with van der Waals surface area (Å²) >= 11 is 5.99. The Balaban J connectivity index is 1.80. The molecule has 0 aliphatic carbocycles. The van der Waals surface area contributed by atoms with E-state index in [0.29, 0.717) is 36.7 Å². The van der Waals surface area contributed by atoms with Crippen LogP contribution in [0.25, 0.3) is 0 Å². The van der Waals surface area contributed by atoms with Gasteiger partial charge in [-0.3, -0.25) is 0 Å². The van der Waals surface area contributed by atoms with Crippen molar-refractivity contribution in [1.82, 2.24) is 10.2 Å². The van der Waals surface area contributed by atoms with Crippen molar-refractivity contribution >= 4 is 11.6 Å². The molecule has 0 spiro atoms. The molecule has 2 heterocycles.